The molecule has 0 aliphatic heterocycles. The van der Waals surface area contributed by atoms with Gasteiger partial charge in [0.25, 0.3) is 5.56 Å². The van der Waals surface area contributed by atoms with Gasteiger partial charge in [-0.15, -0.1) is 0 Å². The van der Waals surface area contributed by atoms with Crippen molar-refractivity contribution in [3.8, 4) is 5.75 Å². The Balaban J connectivity index is 2.07. The molecule has 0 saturated carbocycles. The van der Waals surface area contributed by atoms with Crippen LogP contribution in [0.25, 0.3) is 0 Å². The largest absolute Gasteiger partial charge is 0.497 e. The fraction of sp³-hybridized carbons (Fsp3) is 0.154. The molecule has 0 fully saturated rings. The molecule has 7 heteroatoms. The van der Waals surface area contributed by atoms with Crippen LogP contribution in [-0.2, 0) is 11.3 Å². The summed E-state index contributed by atoms with van der Waals surface area (Å²) in [6.07, 6.45) is 1.32. The van der Waals surface area contributed by atoms with Crippen LogP contribution in [0.1, 0.15) is 0 Å². The molecular formula is C13H14N4O3. The minimum atomic E-state index is -0.425. The second-order valence-corrected chi connectivity index (χ2v) is 4.06. The van der Waals surface area contributed by atoms with Gasteiger partial charge in [-0.2, -0.15) is 5.10 Å². The van der Waals surface area contributed by atoms with E-state index in [0.29, 0.717) is 11.4 Å². The van der Waals surface area contributed by atoms with Crippen LogP contribution in [0, 0.1) is 0 Å². The number of benzene rings is 1. The third-order valence-corrected chi connectivity index (χ3v) is 2.54. The number of hydrogen-bond acceptors (Lipinski definition) is 5. The van der Waals surface area contributed by atoms with Crippen LogP contribution in [0.4, 0.5) is 11.4 Å². The van der Waals surface area contributed by atoms with E-state index >= 15 is 0 Å². The van der Waals surface area contributed by atoms with Crippen LogP contribution in [0.15, 0.2) is 41.3 Å². The van der Waals surface area contributed by atoms with Gasteiger partial charge >= 0.3 is 0 Å². The predicted octanol–water partition coefficient (Wildman–Crippen LogP) is 0.473. The van der Waals surface area contributed by atoms with E-state index in [2.05, 4.69) is 10.4 Å². The Morgan fingerprint density at radius 2 is 2.25 bits per heavy atom. The van der Waals surface area contributed by atoms with Gasteiger partial charge in [0, 0.05) is 17.8 Å². The quantitative estimate of drug-likeness (QED) is 0.844. The smallest absolute Gasteiger partial charge is 0.269 e. The van der Waals surface area contributed by atoms with Crippen LogP contribution in [0.5, 0.6) is 5.75 Å². The van der Waals surface area contributed by atoms with Crippen molar-refractivity contribution in [2.24, 2.45) is 0 Å². The van der Waals surface area contributed by atoms with Gasteiger partial charge in [-0.25, -0.2) is 4.68 Å². The van der Waals surface area contributed by atoms with Crippen molar-refractivity contribution in [1.29, 1.82) is 0 Å². The Bertz CT molecular complexity index is 681. The van der Waals surface area contributed by atoms with Gasteiger partial charge in [0.2, 0.25) is 5.91 Å². The van der Waals surface area contributed by atoms with E-state index in [9.17, 15) is 9.59 Å². The summed E-state index contributed by atoms with van der Waals surface area (Å²) in [7, 11) is 1.54. The number of ether oxygens (including phenoxy) is 1. The lowest BCUT2D eigenvalue weighted by atomic mass is 10.3. The van der Waals surface area contributed by atoms with E-state index < -0.39 is 5.56 Å². The number of nitrogens with one attached hydrogen (secondary N) is 1. The zero-order valence-corrected chi connectivity index (χ0v) is 10.9. The van der Waals surface area contributed by atoms with Crippen LogP contribution in [0.3, 0.4) is 0 Å². The topological polar surface area (TPSA) is 99.2 Å². The second kappa shape index (κ2) is 5.87. The molecule has 1 aromatic heterocycles. The molecule has 2 rings (SSSR count). The van der Waals surface area contributed by atoms with Crippen molar-refractivity contribution in [1.82, 2.24) is 9.78 Å². The molecule has 104 valence electrons. The maximum absolute atomic E-state index is 11.8. The van der Waals surface area contributed by atoms with Crippen molar-refractivity contribution in [2.45, 2.75) is 6.54 Å². The first kappa shape index (κ1) is 13.6. The van der Waals surface area contributed by atoms with Gasteiger partial charge in [0.05, 0.1) is 19.0 Å². The number of aromatic nitrogens is 2. The molecule has 7 nitrogen and oxygen atoms in total. The molecule has 0 atom stereocenters. The number of hydrogen-bond donors (Lipinski definition) is 2. The van der Waals surface area contributed by atoms with Crippen molar-refractivity contribution in [3.05, 3.63) is 46.9 Å². The van der Waals surface area contributed by atoms with Gasteiger partial charge in [0.1, 0.15) is 12.3 Å². The number of nitrogens with zero attached hydrogens (tertiary/aromatic N) is 2. The van der Waals surface area contributed by atoms with E-state index in [-0.39, 0.29) is 18.1 Å². The zero-order chi connectivity index (χ0) is 14.5. The first-order valence-corrected chi connectivity index (χ1v) is 5.85. The Morgan fingerprint density at radius 3 is 2.95 bits per heavy atom. The third kappa shape index (κ3) is 3.35. The summed E-state index contributed by atoms with van der Waals surface area (Å²) in [6.45, 7) is -0.184. The lowest BCUT2D eigenvalue weighted by Crippen LogP contribution is -2.29. The van der Waals surface area contributed by atoms with Crippen molar-refractivity contribution in [3.63, 3.8) is 0 Å². The first-order valence-electron chi connectivity index (χ1n) is 5.85. The summed E-state index contributed by atoms with van der Waals surface area (Å²) in [5.41, 5.74) is 5.84. The van der Waals surface area contributed by atoms with E-state index in [1.54, 1.807) is 31.4 Å². The van der Waals surface area contributed by atoms with Gasteiger partial charge in [-0.05, 0) is 12.1 Å². The highest BCUT2D eigenvalue weighted by molar-refractivity contribution is 5.90. The number of rotatable bonds is 4. The average molecular weight is 274 g/mol. The molecule has 2 aromatic rings. The molecule has 20 heavy (non-hydrogen) atoms. The van der Waals surface area contributed by atoms with Gasteiger partial charge in [-0.1, -0.05) is 6.07 Å². The Labute approximate surface area is 115 Å². The Kier molecular flexibility index (Phi) is 3.99. The fourth-order valence-corrected chi connectivity index (χ4v) is 1.60. The Hall–Kier alpha value is -2.83. The molecule has 3 N–H and O–H groups in total. The number of carbonyl (C=O) groups excluding carboxylic acids is 1. The van der Waals surface area contributed by atoms with E-state index in [0.717, 1.165) is 4.68 Å². The number of methoxy groups -OCH3 is 1. The maximum Gasteiger partial charge on any atom is 0.269 e. The SMILES string of the molecule is COc1cccc(NC(=O)Cn2ncc(N)cc2=O)c1. The minimum Gasteiger partial charge on any atom is -0.497 e. The first-order chi connectivity index (χ1) is 9.58. The molecule has 0 spiro atoms. The molecule has 1 heterocycles. The van der Waals surface area contributed by atoms with Crippen LogP contribution < -0.4 is 21.3 Å². The lowest BCUT2D eigenvalue weighted by molar-refractivity contribution is -0.117. The van der Waals surface area contributed by atoms with Crippen LogP contribution in [-0.4, -0.2) is 22.8 Å². The summed E-state index contributed by atoms with van der Waals surface area (Å²) in [4.78, 5) is 23.4. The van der Waals surface area contributed by atoms with Crippen LogP contribution in [0.2, 0.25) is 0 Å². The number of nitrogens with two attached hydrogens (primary N) is 1. The highest BCUT2D eigenvalue weighted by Crippen LogP contribution is 2.16. The van der Waals surface area contributed by atoms with Gasteiger partial charge < -0.3 is 15.8 Å². The molecule has 1 aromatic carbocycles. The second-order valence-electron chi connectivity index (χ2n) is 4.06. The standard InChI is InChI=1S/C13H14N4O3/c1-20-11-4-2-3-10(6-11)16-12(18)8-17-13(19)5-9(14)7-15-17/h2-7H,8,14H2,1H3,(H,16,18). The third-order valence-electron chi connectivity index (χ3n) is 2.54. The average Bonchev–Trinajstić information content (AvgIpc) is 2.42. The number of anilines is 2. The normalized spacial score (nSPS) is 10.1. The van der Waals surface area contributed by atoms with Crippen molar-refractivity contribution >= 4 is 17.3 Å². The number of amides is 1. The van der Waals surface area contributed by atoms with E-state index in [4.69, 9.17) is 10.5 Å². The molecule has 0 radical (unpaired) electrons. The summed E-state index contributed by atoms with van der Waals surface area (Å²) >= 11 is 0. The zero-order valence-electron chi connectivity index (χ0n) is 10.9. The number of nitrogen functional groups attached to an aromatic ring is 1. The highest BCUT2D eigenvalue weighted by atomic mass is 16.5. The molecular weight excluding hydrogens is 260 g/mol. The predicted molar refractivity (Wildman–Crippen MR) is 74.5 cm³/mol. The summed E-state index contributed by atoms with van der Waals surface area (Å²) in [6, 6.07) is 8.13. The summed E-state index contributed by atoms with van der Waals surface area (Å²) in [5, 5.41) is 6.44. The minimum absolute atomic E-state index is 0.184. The maximum atomic E-state index is 11.8. The molecule has 0 aliphatic carbocycles. The molecule has 1 amide bonds. The highest BCUT2D eigenvalue weighted by Gasteiger charge is 2.06. The molecule has 0 saturated heterocycles. The number of carbonyl (C=O) groups is 1. The van der Waals surface area contributed by atoms with Crippen molar-refractivity contribution in [2.75, 3.05) is 18.2 Å². The fourth-order valence-electron chi connectivity index (χ4n) is 1.60. The molecule has 0 bridgehead atoms. The van der Waals surface area contributed by atoms with Crippen molar-refractivity contribution < 1.29 is 9.53 Å². The van der Waals surface area contributed by atoms with Gasteiger partial charge in [0.15, 0.2) is 0 Å². The summed E-state index contributed by atoms with van der Waals surface area (Å²) < 4.78 is 6.09. The lowest BCUT2D eigenvalue weighted by Gasteiger charge is -2.08. The monoisotopic (exact) mass is 274 g/mol. The van der Waals surface area contributed by atoms with E-state index in [1.165, 1.54) is 12.3 Å². The molecule has 0 unspecified atom stereocenters. The molecule has 0 aliphatic rings. The van der Waals surface area contributed by atoms with Gasteiger partial charge in [-0.3, -0.25) is 9.59 Å². The summed E-state index contributed by atoms with van der Waals surface area (Å²) in [5.74, 6) is 0.267. The van der Waals surface area contributed by atoms with Crippen LogP contribution >= 0.6 is 0 Å². The Morgan fingerprint density at radius 1 is 1.45 bits per heavy atom. The van der Waals surface area contributed by atoms with E-state index in [1.807, 2.05) is 0 Å².